The van der Waals surface area contributed by atoms with Gasteiger partial charge in [-0.15, -0.1) is 0 Å². The maximum atomic E-state index is 11.9. The van der Waals surface area contributed by atoms with Crippen LogP contribution in [0.2, 0.25) is 0 Å². The van der Waals surface area contributed by atoms with Crippen LogP contribution in [0.5, 0.6) is 5.75 Å². The lowest BCUT2D eigenvalue weighted by Crippen LogP contribution is -2.15. The third-order valence-electron chi connectivity index (χ3n) is 3.35. The van der Waals surface area contributed by atoms with Crippen LogP contribution < -0.4 is 10.1 Å². The van der Waals surface area contributed by atoms with E-state index in [0.29, 0.717) is 5.69 Å². The van der Waals surface area contributed by atoms with E-state index in [-0.39, 0.29) is 24.6 Å². The minimum absolute atomic E-state index is 0.0126. The highest BCUT2D eigenvalue weighted by Gasteiger charge is 2.08. The van der Waals surface area contributed by atoms with E-state index in [2.05, 4.69) is 5.32 Å². The third kappa shape index (κ3) is 4.54. The molecule has 6 heteroatoms. The number of rotatable bonds is 6. The Morgan fingerprint density at radius 3 is 2.30 bits per heavy atom. The second-order valence-corrected chi connectivity index (χ2v) is 5.17. The van der Waals surface area contributed by atoms with Crippen LogP contribution >= 0.6 is 0 Å². The summed E-state index contributed by atoms with van der Waals surface area (Å²) >= 11 is 0. The average molecular weight is 314 g/mol. The molecule has 2 aromatic carbocycles. The van der Waals surface area contributed by atoms with E-state index in [9.17, 15) is 14.9 Å². The number of hydrogen-bond acceptors (Lipinski definition) is 4. The first kappa shape index (κ1) is 16.5. The molecule has 1 N–H and O–H groups in total. The Hall–Kier alpha value is -2.89. The zero-order valence-corrected chi connectivity index (χ0v) is 13.0. The second kappa shape index (κ2) is 7.40. The van der Waals surface area contributed by atoms with Gasteiger partial charge in [-0.05, 0) is 37.1 Å². The molecule has 2 aromatic rings. The van der Waals surface area contributed by atoms with Gasteiger partial charge in [0.25, 0.3) is 5.69 Å². The first-order valence-corrected chi connectivity index (χ1v) is 7.20. The minimum Gasteiger partial charge on any atom is -0.493 e. The first-order valence-electron chi connectivity index (χ1n) is 7.20. The molecule has 0 aliphatic carbocycles. The van der Waals surface area contributed by atoms with Gasteiger partial charge in [0.2, 0.25) is 5.91 Å². The third-order valence-corrected chi connectivity index (χ3v) is 3.35. The highest BCUT2D eigenvalue weighted by atomic mass is 16.6. The fourth-order valence-corrected chi connectivity index (χ4v) is 2.16. The van der Waals surface area contributed by atoms with Crippen molar-refractivity contribution in [2.24, 2.45) is 0 Å². The Bertz CT molecular complexity index is 691. The van der Waals surface area contributed by atoms with Crippen LogP contribution in [0.25, 0.3) is 0 Å². The number of carbonyl (C=O) groups is 1. The number of nitro benzene ring substituents is 1. The van der Waals surface area contributed by atoms with E-state index in [1.165, 1.54) is 24.3 Å². The summed E-state index contributed by atoms with van der Waals surface area (Å²) in [4.78, 5) is 22.0. The largest absolute Gasteiger partial charge is 0.493 e. The molecule has 0 aliphatic heterocycles. The molecule has 2 rings (SSSR count). The van der Waals surface area contributed by atoms with Crippen molar-refractivity contribution in [3.63, 3.8) is 0 Å². The Morgan fingerprint density at radius 1 is 1.13 bits per heavy atom. The Labute approximate surface area is 134 Å². The number of carbonyl (C=O) groups excluding carboxylic acids is 1. The Morgan fingerprint density at radius 2 is 1.74 bits per heavy atom. The van der Waals surface area contributed by atoms with Gasteiger partial charge in [0.15, 0.2) is 0 Å². The van der Waals surface area contributed by atoms with Crippen LogP contribution in [0, 0.1) is 24.0 Å². The summed E-state index contributed by atoms with van der Waals surface area (Å²) in [5.41, 5.74) is 2.57. The van der Waals surface area contributed by atoms with Gasteiger partial charge in [-0.1, -0.05) is 18.2 Å². The number of nitrogens with one attached hydrogen (secondary N) is 1. The molecule has 120 valence electrons. The van der Waals surface area contributed by atoms with Crippen LogP contribution in [0.3, 0.4) is 0 Å². The minimum atomic E-state index is -0.482. The standard InChI is InChI=1S/C17H18N2O4/c1-12-4-3-5-13(2)17(12)23-11-10-16(20)18-14-6-8-15(9-7-14)19(21)22/h3-9H,10-11H2,1-2H3,(H,18,20). The number of para-hydroxylation sites is 1. The van der Waals surface area contributed by atoms with Gasteiger partial charge in [-0.25, -0.2) is 0 Å². The lowest BCUT2D eigenvalue weighted by molar-refractivity contribution is -0.384. The number of amides is 1. The number of nitrogens with zero attached hydrogens (tertiary/aromatic N) is 1. The molecule has 0 fully saturated rings. The van der Waals surface area contributed by atoms with Gasteiger partial charge < -0.3 is 10.1 Å². The molecule has 0 unspecified atom stereocenters. The molecular formula is C17H18N2O4. The summed E-state index contributed by atoms with van der Waals surface area (Å²) in [6.07, 6.45) is 0.199. The van der Waals surface area contributed by atoms with E-state index in [1.807, 2.05) is 32.0 Å². The normalized spacial score (nSPS) is 10.2. The second-order valence-electron chi connectivity index (χ2n) is 5.17. The molecule has 0 atom stereocenters. The van der Waals surface area contributed by atoms with Gasteiger partial charge in [0.1, 0.15) is 5.75 Å². The molecule has 0 radical (unpaired) electrons. The number of non-ortho nitro benzene ring substituents is 1. The molecule has 0 bridgehead atoms. The fourth-order valence-electron chi connectivity index (χ4n) is 2.16. The van der Waals surface area contributed by atoms with Crippen molar-refractivity contribution in [2.45, 2.75) is 20.3 Å². The van der Waals surface area contributed by atoms with Crippen molar-refractivity contribution in [3.8, 4) is 5.75 Å². The molecule has 0 saturated carbocycles. The van der Waals surface area contributed by atoms with Crippen LogP contribution in [0.15, 0.2) is 42.5 Å². The summed E-state index contributed by atoms with van der Waals surface area (Å²) in [6.45, 7) is 4.18. The summed E-state index contributed by atoms with van der Waals surface area (Å²) in [5, 5.41) is 13.2. The van der Waals surface area contributed by atoms with Crippen molar-refractivity contribution in [1.29, 1.82) is 0 Å². The maximum absolute atomic E-state index is 11.9. The number of ether oxygens (including phenoxy) is 1. The van der Waals surface area contributed by atoms with Crippen molar-refractivity contribution >= 4 is 17.3 Å². The van der Waals surface area contributed by atoms with E-state index in [0.717, 1.165) is 16.9 Å². The quantitative estimate of drug-likeness (QED) is 0.652. The van der Waals surface area contributed by atoms with Gasteiger partial charge in [0, 0.05) is 17.8 Å². The zero-order chi connectivity index (χ0) is 16.8. The zero-order valence-electron chi connectivity index (χ0n) is 13.0. The predicted molar refractivity (Wildman–Crippen MR) is 87.8 cm³/mol. The Kier molecular flexibility index (Phi) is 5.30. The van der Waals surface area contributed by atoms with E-state index < -0.39 is 4.92 Å². The summed E-state index contributed by atoms with van der Waals surface area (Å²) in [6, 6.07) is 11.6. The highest BCUT2D eigenvalue weighted by molar-refractivity contribution is 5.90. The van der Waals surface area contributed by atoms with Gasteiger partial charge >= 0.3 is 0 Å². The maximum Gasteiger partial charge on any atom is 0.269 e. The molecule has 23 heavy (non-hydrogen) atoms. The SMILES string of the molecule is Cc1cccc(C)c1OCCC(=O)Nc1ccc([N+](=O)[O-])cc1. The molecule has 0 spiro atoms. The lowest BCUT2D eigenvalue weighted by Gasteiger charge is -2.11. The summed E-state index contributed by atoms with van der Waals surface area (Å²) < 4.78 is 5.68. The van der Waals surface area contributed by atoms with Crippen molar-refractivity contribution in [2.75, 3.05) is 11.9 Å². The average Bonchev–Trinajstić information content (AvgIpc) is 2.51. The number of benzene rings is 2. The molecule has 1 amide bonds. The van der Waals surface area contributed by atoms with Crippen LogP contribution in [0.4, 0.5) is 11.4 Å². The van der Waals surface area contributed by atoms with Crippen LogP contribution in [-0.2, 0) is 4.79 Å². The monoisotopic (exact) mass is 314 g/mol. The predicted octanol–water partition coefficient (Wildman–Crippen LogP) is 3.62. The van der Waals surface area contributed by atoms with Gasteiger partial charge in [-0.3, -0.25) is 14.9 Å². The van der Waals surface area contributed by atoms with E-state index >= 15 is 0 Å². The molecule has 6 nitrogen and oxygen atoms in total. The summed E-state index contributed by atoms with van der Waals surface area (Å²) in [5.74, 6) is 0.598. The van der Waals surface area contributed by atoms with Crippen molar-refractivity contribution in [3.05, 3.63) is 63.7 Å². The van der Waals surface area contributed by atoms with Crippen LogP contribution in [0.1, 0.15) is 17.5 Å². The topological polar surface area (TPSA) is 81.5 Å². The number of aryl methyl sites for hydroxylation is 2. The highest BCUT2D eigenvalue weighted by Crippen LogP contribution is 2.22. The van der Waals surface area contributed by atoms with Crippen LogP contribution in [-0.4, -0.2) is 17.4 Å². The molecule has 0 aromatic heterocycles. The van der Waals surface area contributed by atoms with E-state index in [1.54, 1.807) is 0 Å². The van der Waals surface area contributed by atoms with E-state index in [4.69, 9.17) is 4.74 Å². The number of anilines is 1. The van der Waals surface area contributed by atoms with Gasteiger partial charge in [0.05, 0.1) is 18.0 Å². The van der Waals surface area contributed by atoms with Gasteiger partial charge in [-0.2, -0.15) is 0 Å². The molecule has 0 aliphatic rings. The van der Waals surface area contributed by atoms with Crippen molar-refractivity contribution < 1.29 is 14.5 Å². The first-order chi connectivity index (χ1) is 11.0. The molecular weight excluding hydrogens is 296 g/mol. The number of nitro groups is 1. The lowest BCUT2D eigenvalue weighted by atomic mass is 10.1. The Balaban J connectivity index is 1.84. The number of hydrogen-bond donors (Lipinski definition) is 1. The molecule has 0 heterocycles. The van der Waals surface area contributed by atoms with Crippen molar-refractivity contribution in [1.82, 2.24) is 0 Å². The summed E-state index contributed by atoms with van der Waals surface area (Å²) in [7, 11) is 0. The molecule has 0 saturated heterocycles. The fraction of sp³-hybridized carbons (Fsp3) is 0.235. The smallest absolute Gasteiger partial charge is 0.269 e.